The van der Waals surface area contributed by atoms with Crippen LogP contribution >= 0.6 is 23.2 Å². The molecule has 3 aromatic rings. The lowest BCUT2D eigenvalue weighted by Gasteiger charge is -2.16. The zero-order valence-corrected chi connectivity index (χ0v) is 16.5. The monoisotopic (exact) mass is 404 g/mol. The van der Waals surface area contributed by atoms with E-state index in [2.05, 4.69) is 25.9 Å². The van der Waals surface area contributed by atoms with Gasteiger partial charge >= 0.3 is 0 Å². The molecule has 0 spiro atoms. The zero-order chi connectivity index (χ0) is 19.2. The lowest BCUT2D eigenvalue weighted by Crippen LogP contribution is -2.23. The molecular weight excluding hydrogens is 387 g/mol. The number of nitrogens with zero attached hydrogens (tertiary/aromatic N) is 4. The molecule has 1 aliphatic rings. The molecule has 0 aliphatic carbocycles. The van der Waals surface area contributed by atoms with Gasteiger partial charge in [-0.25, -0.2) is 24.8 Å². The van der Waals surface area contributed by atoms with E-state index in [-0.39, 0.29) is 6.04 Å². The van der Waals surface area contributed by atoms with Gasteiger partial charge in [0.1, 0.15) is 5.82 Å². The van der Waals surface area contributed by atoms with Crippen molar-refractivity contribution in [1.29, 1.82) is 0 Å². The fraction of sp³-hybridized carbons (Fsp3) is 0.278. The molecule has 9 heteroatoms. The summed E-state index contributed by atoms with van der Waals surface area (Å²) in [6, 6.07) is 7.25. The first kappa shape index (κ1) is 18.0. The molecule has 0 saturated heterocycles. The van der Waals surface area contributed by atoms with Crippen molar-refractivity contribution in [2.24, 2.45) is 4.99 Å². The Morgan fingerprint density at radius 2 is 2.07 bits per heavy atom. The first-order valence-electron chi connectivity index (χ1n) is 8.42. The smallest absolute Gasteiger partial charge is 0.182 e. The van der Waals surface area contributed by atoms with E-state index in [4.69, 9.17) is 28.0 Å². The Morgan fingerprint density at radius 1 is 1.26 bits per heavy atom. The Morgan fingerprint density at radius 3 is 2.78 bits per heavy atom. The molecular formula is C18H18Cl2N6O. The Kier molecular flexibility index (Phi) is 4.46. The van der Waals surface area contributed by atoms with Crippen molar-refractivity contribution < 1.29 is 4.84 Å². The quantitative estimate of drug-likeness (QED) is 0.680. The molecule has 3 heterocycles. The van der Waals surface area contributed by atoms with Crippen LogP contribution in [-0.2, 0) is 4.84 Å². The first-order chi connectivity index (χ1) is 12.8. The number of anilines is 1. The normalized spacial score (nSPS) is 16.9. The lowest BCUT2D eigenvalue weighted by molar-refractivity contribution is -0.0269. The van der Waals surface area contributed by atoms with Crippen LogP contribution in [0.25, 0.3) is 5.65 Å². The summed E-state index contributed by atoms with van der Waals surface area (Å²) in [7, 11) is 0. The number of benzene rings is 1. The van der Waals surface area contributed by atoms with Crippen molar-refractivity contribution in [2.75, 3.05) is 5.32 Å². The van der Waals surface area contributed by atoms with Gasteiger partial charge in [-0.3, -0.25) is 0 Å². The number of fused-ring (bicyclic) bond motifs is 1. The van der Waals surface area contributed by atoms with E-state index in [1.807, 2.05) is 45.2 Å². The van der Waals surface area contributed by atoms with Crippen molar-refractivity contribution in [3.05, 3.63) is 57.8 Å². The molecule has 0 radical (unpaired) electrons. The standard InChI is InChI=1S/C18H18Cl2N6O/c1-10(12-5-4-11(19)8-14(12)20)22-15-6-7-26-17(23-15)13(9-21-26)16-24-18(2,3)27-25-16/h4-10H,1-3H3,(H,22,23)(H,24,25). The van der Waals surface area contributed by atoms with E-state index in [1.54, 1.807) is 16.8 Å². The number of hydrogen-bond acceptors (Lipinski definition) is 6. The van der Waals surface area contributed by atoms with Crippen LogP contribution in [0.3, 0.4) is 0 Å². The van der Waals surface area contributed by atoms with Gasteiger partial charge in [-0.15, -0.1) is 0 Å². The molecule has 2 N–H and O–H groups in total. The summed E-state index contributed by atoms with van der Waals surface area (Å²) in [5.41, 5.74) is 4.59. The van der Waals surface area contributed by atoms with Gasteiger partial charge in [-0.1, -0.05) is 29.3 Å². The number of amidine groups is 1. The second-order valence-electron chi connectivity index (χ2n) is 6.78. The minimum Gasteiger partial charge on any atom is -0.363 e. The molecule has 0 saturated carbocycles. The molecule has 27 heavy (non-hydrogen) atoms. The predicted octanol–water partition coefficient (Wildman–Crippen LogP) is 4.23. The number of halogens is 2. The largest absolute Gasteiger partial charge is 0.363 e. The summed E-state index contributed by atoms with van der Waals surface area (Å²) in [4.78, 5) is 14.6. The summed E-state index contributed by atoms with van der Waals surface area (Å²) in [5, 5.41) is 8.91. The van der Waals surface area contributed by atoms with Gasteiger partial charge < -0.3 is 5.32 Å². The second kappa shape index (κ2) is 6.67. The van der Waals surface area contributed by atoms with Crippen molar-refractivity contribution in [2.45, 2.75) is 32.5 Å². The summed E-state index contributed by atoms with van der Waals surface area (Å²) >= 11 is 12.3. The van der Waals surface area contributed by atoms with Gasteiger partial charge in [0, 0.05) is 16.2 Å². The number of hydroxylamine groups is 1. The fourth-order valence-electron chi connectivity index (χ4n) is 2.87. The maximum absolute atomic E-state index is 6.31. The van der Waals surface area contributed by atoms with E-state index >= 15 is 0 Å². The Labute approximate surface area is 166 Å². The highest BCUT2D eigenvalue weighted by atomic mass is 35.5. The number of aromatic nitrogens is 3. The van der Waals surface area contributed by atoms with Crippen LogP contribution in [0.4, 0.5) is 5.82 Å². The third kappa shape index (κ3) is 3.58. The number of nitrogens with one attached hydrogen (secondary N) is 2. The maximum atomic E-state index is 6.31. The van der Waals surface area contributed by atoms with Crippen molar-refractivity contribution in [1.82, 2.24) is 20.1 Å². The van der Waals surface area contributed by atoms with E-state index in [0.717, 1.165) is 11.1 Å². The highest BCUT2D eigenvalue weighted by molar-refractivity contribution is 6.35. The average Bonchev–Trinajstić information content (AvgIpc) is 3.17. The zero-order valence-electron chi connectivity index (χ0n) is 15.0. The van der Waals surface area contributed by atoms with Gasteiger partial charge in [0.25, 0.3) is 0 Å². The average molecular weight is 405 g/mol. The first-order valence-corrected chi connectivity index (χ1v) is 9.18. The molecule has 0 fully saturated rings. The van der Waals surface area contributed by atoms with Crippen molar-refractivity contribution >= 4 is 40.5 Å². The predicted molar refractivity (Wildman–Crippen MR) is 106 cm³/mol. The van der Waals surface area contributed by atoms with E-state index in [9.17, 15) is 0 Å². The molecule has 7 nitrogen and oxygen atoms in total. The van der Waals surface area contributed by atoms with Gasteiger partial charge in [0.15, 0.2) is 17.2 Å². The number of hydrogen-bond donors (Lipinski definition) is 2. The van der Waals surface area contributed by atoms with Gasteiger partial charge in [-0.05, 0) is 44.5 Å². The van der Waals surface area contributed by atoms with Crippen LogP contribution in [0.15, 0.2) is 41.7 Å². The second-order valence-corrected chi connectivity index (χ2v) is 7.63. The highest BCUT2D eigenvalue weighted by Crippen LogP contribution is 2.28. The van der Waals surface area contributed by atoms with Crippen LogP contribution in [-0.4, -0.2) is 26.2 Å². The Bertz CT molecular complexity index is 1050. The topological polar surface area (TPSA) is 75.8 Å². The third-order valence-corrected chi connectivity index (χ3v) is 4.76. The molecule has 140 valence electrons. The molecule has 4 rings (SSSR count). The van der Waals surface area contributed by atoms with E-state index < -0.39 is 5.72 Å². The molecule has 2 aromatic heterocycles. The van der Waals surface area contributed by atoms with Gasteiger partial charge in [0.2, 0.25) is 0 Å². The van der Waals surface area contributed by atoms with Gasteiger partial charge in [-0.2, -0.15) is 5.10 Å². The summed E-state index contributed by atoms with van der Waals surface area (Å²) in [6.45, 7) is 5.75. The van der Waals surface area contributed by atoms with Crippen LogP contribution in [0.1, 0.15) is 37.9 Å². The summed E-state index contributed by atoms with van der Waals surface area (Å²) in [6.07, 6.45) is 3.55. The summed E-state index contributed by atoms with van der Waals surface area (Å²) < 4.78 is 1.69. The number of rotatable bonds is 4. The van der Waals surface area contributed by atoms with E-state index in [0.29, 0.717) is 27.3 Å². The minimum atomic E-state index is -0.626. The lowest BCUT2D eigenvalue weighted by atomic mass is 10.1. The molecule has 1 aromatic carbocycles. The van der Waals surface area contributed by atoms with Crippen LogP contribution < -0.4 is 10.8 Å². The fourth-order valence-corrected chi connectivity index (χ4v) is 3.44. The third-order valence-electron chi connectivity index (χ3n) is 4.20. The summed E-state index contributed by atoms with van der Waals surface area (Å²) in [5.74, 6) is 1.30. The highest BCUT2D eigenvalue weighted by Gasteiger charge is 2.28. The molecule has 0 bridgehead atoms. The molecule has 1 aliphatic heterocycles. The maximum Gasteiger partial charge on any atom is 0.182 e. The van der Waals surface area contributed by atoms with Crippen LogP contribution in [0.5, 0.6) is 0 Å². The Hall–Kier alpha value is -2.35. The van der Waals surface area contributed by atoms with Crippen molar-refractivity contribution in [3.8, 4) is 0 Å². The van der Waals surface area contributed by atoms with Crippen LogP contribution in [0.2, 0.25) is 10.0 Å². The van der Waals surface area contributed by atoms with E-state index in [1.165, 1.54) is 0 Å². The number of aliphatic imine (C=N–C) groups is 1. The molecule has 1 atom stereocenters. The minimum absolute atomic E-state index is 0.0553. The molecule has 1 unspecified atom stereocenters. The van der Waals surface area contributed by atoms with Gasteiger partial charge in [0.05, 0.1) is 17.8 Å². The van der Waals surface area contributed by atoms with Crippen LogP contribution in [0, 0.1) is 0 Å². The molecule has 0 amide bonds. The van der Waals surface area contributed by atoms with Crippen molar-refractivity contribution in [3.63, 3.8) is 0 Å². The Balaban J connectivity index is 1.64. The SMILES string of the molecule is CC(Nc1ccn2ncc(C3=NC(C)(C)ON3)c2n1)c1ccc(Cl)cc1Cl.